The molecule has 1 aromatic rings. The second-order valence-electron chi connectivity index (χ2n) is 4.47. The SMILES string of the molecule is N#CCOc1ccc(CNN2CCCCC2)cc1. The van der Waals surface area contributed by atoms with E-state index in [1.165, 1.54) is 24.8 Å². The molecule has 2 rings (SSSR count). The number of hydrogen-bond donors (Lipinski definition) is 1. The molecule has 0 radical (unpaired) electrons. The molecular weight excluding hydrogens is 226 g/mol. The van der Waals surface area contributed by atoms with Crippen molar-refractivity contribution in [1.82, 2.24) is 10.4 Å². The van der Waals surface area contributed by atoms with Crippen LogP contribution in [-0.2, 0) is 6.54 Å². The van der Waals surface area contributed by atoms with Gasteiger partial charge in [0.05, 0.1) is 0 Å². The Hall–Kier alpha value is -1.57. The molecule has 1 aliphatic rings. The maximum absolute atomic E-state index is 8.42. The van der Waals surface area contributed by atoms with Gasteiger partial charge in [-0.1, -0.05) is 18.6 Å². The van der Waals surface area contributed by atoms with Gasteiger partial charge in [0.25, 0.3) is 0 Å². The number of benzene rings is 1. The largest absolute Gasteiger partial charge is 0.479 e. The standard InChI is InChI=1S/C14H19N3O/c15-8-11-18-14-6-4-13(5-7-14)12-16-17-9-2-1-3-10-17/h4-7,16H,1-3,9-12H2. The first kappa shape index (κ1) is 12.9. The molecule has 96 valence electrons. The summed E-state index contributed by atoms with van der Waals surface area (Å²) in [7, 11) is 0. The van der Waals surface area contributed by atoms with Crippen LogP contribution in [0.5, 0.6) is 5.75 Å². The van der Waals surface area contributed by atoms with E-state index in [0.29, 0.717) is 0 Å². The highest BCUT2D eigenvalue weighted by molar-refractivity contribution is 5.27. The van der Waals surface area contributed by atoms with Gasteiger partial charge in [-0.15, -0.1) is 0 Å². The van der Waals surface area contributed by atoms with Crippen LogP contribution in [0, 0.1) is 11.3 Å². The normalized spacial score (nSPS) is 16.2. The lowest BCUT2D eigenvalue weighted by molar-refractivity contribution is 0.151. The van der Waals surface area contributed by atoms with Crippen molar-refractivity contribution in [3.05, 3.63) is 29.8 Å². The van der Waals surface area contributed by atoms with Crippen molar-refractivity contribution in [2.24, 2.45) is 0 Å². The van der Waals surface area contributed by atoms with E-state index in [-0.39, 0.29) is 6.61 Å². The average molecular weight is 245 g/mol. The third-order valence-electron chi connectivity index (χ3n) is 3.09. The minimum Gasteiger partial charge on any atom is -0.479 e. The molecular formula is C14H19N3O. The Labute approximate surface area is 108 Å². The number of rotatable bonds is 5. The fraction of sp³-hybridized carbons (Fsp3) is 0.500. The van der Waals surface area contributed by atoms with E-state index in [1.807, 2.05) is 30.3 Å². The van der Waals surface area contributed by atoms with Crippen LogP contribution >= 0.6 is 0 Å². The van der Waals surface area contributed by atoms with E-state index in [0.717, 1.165) is 25.4 Å². The molecule has 0 amide bonds. The van der Waals surface area contributed by atoms with E-state index in [1.54, 1.807) is 0 Å². The average Bonchev–Trinajstić information content (AvgIpc) is 2.45. The van der Waals surface area contributed by atoms with Crippen LogP contribution in [0.25, 0.3) is 0 Å². The van der Waals surface area contributed by atoms with Gasteiger partial charge in [-0.05, 0) is 30.5 Å². The Kier molecular flexibility index (Phi) is 5.00. The Morgan fingerprint density at radius 2 is 1.89 bits per heavy atom. The van der Waals surface area contributed by atoms with Gasteiger partial charge in [-0.3, -0.25) is 5.43 Å². The Morgan fingerprint density at radius 3 is 2.56 bits per heavy atom. The van der Waals surface area contributed by atoms with Crippen molar-refractivity contribution in [2.75, 3.05) is 19.7 Å². The lowest BCUT2D eigenvalue weighted by Gasteiger charge is -2.27. The summed E-state index contributed by atoms with van der Waals surface area (Å²) in [5.41, 5.74) is 4.67. The highest BCUT2D eigenvalue weighted by Gasteiger charge is 2.08. The molecule has 0 spiro atoms. The summed E-state index contributed by atoms with van der Waals surface area (Å²) in [4.78, 5) is 0. The maximum Gasteiger partial charge on any atom is 0.174 e. The topological polar surface area (TPSA) is 48.3 Å². The van der Waals surface area contributed by atoms with E-state index >= 15 is 0 Å². The number of ether oxygens (including phenoxy) is 1. The summed E-state index contributed by atoms with van der Waals surface area (Å²) in [6.45, 7) is 3.23. The molecule has 1 N–H and O–H groups in total. The van der Waals surface area contributed by atoms with Gasteiger partial charge in [0.15, 0.2) is 6.61 Å². The number of nitrogens with zero attached hydrogens (tertiary/aromatic N) is 2. The summed E-state index contributed by atoms with van der Waals surface area (Å²) < 4.78 is 5.21. The number of nitriles is 1. The molecule has 1 saturated heterocycles. The molecule has 18 heavy (non-hydrogen) atoms. The molecule has 0 atom stereocenters. The third-order valence-corrected chi connectivity index (χ3v) is 3.09. The lowest BCUT2D eigenvalue weighted by atomic mass is 10.2. The molecule has 0 unspecified atom stereocenters. The van der Waals surface area contributed by atoms with E-state index in [4.69, 9.17) is 10.00 Å². The van der Waals surface area contributed by atoms with Gasteiger partial charge in [-0.2, -0.15) is 5.26 Å². The Morgan fingerprint density at radius 1 is 1.17 bits per heavy atom. The molecule has 4 heteroatoms. The van der Waals surface area contributed by atoms with Crippen LogP contribution in [-0.4, -0.2) is 24.7 Å². The molecule has 0 aliphatic carbocycles. The van der Waals surface area contributed by atoms with Crippen molar-refractivity contribution < 1.29 is 4.74 Å². The molecule has 0 saturated carbocycles. The zero-order valence-corrected chi connectivity index (χ0v) is 10.6. The molecule has 1 aromatic carbocycles. The summed E-state index contributed by atoms with van der Waals surface area (Å²) in [5.74, 6) is 0.748. The second kappa shape index (κ2) is 7.00. The maximum atomic E-state index is 8.42. The number of nitrogens with one attached hydrogen (secondary N) is 1. The van der Waals surface area contributed by atoms with Gasteiger partial charge in [0.2, 0.25) is 0 Å². The summed E-state index contributed by atoms with van der Waals surface area (Å²) in [6, 6.07) is 9.84. The molecule has 0 aromatic heterocycles. The summed E-state index contributed by atoms with van der Waals surface area (Å²) in [5, 5.41) is 10.7. The molecule has 0 bridgehead atoms. The first-order valence-corrected chi connectivity index (χ1v) is 6.45. The van der Waals surface area contributed by atoms with Gasteiger partial charge in [0.1, 0.15) is 11.8 Å². The van der Waals surface area contributed by atoms with Gasteiger partial charge >= 0.3 is 0 Å². The Bertz CT molecular complexity index is 390. The second-order valence-corrected chi connectivity index (χ2v) is 4.47. The van der Waals surface area contributed by atoms with Crippen LogP contribution in [0.2, 0.25) is 0 Å². The van der Waals surface area contributed by atoms with E-state index < -0.39 is 0 Å². The predicted molar refractivity (Wildman–Crippen MR) is 69.8 cm³/mol. The summed E-state index contributed by atoms with van der Waals surface area (Å²) in [6.07, 6.45) is 3.92. The van der Waals surface area contributed by atoms with E-state index in [2.05, 4.69) is 10.4 Å². The number of hydrazine groups is 1. The van der Waals surface area contributed by atoms with Crippen molar-refractivity contribution in [3.8, 4) is 11.8 Å². The fourth-order valence-corrected chi connectivity index (χ4v) is 2.07. The van der Waals surface area contributed by atoms with Gasteiger partial charge < -0.3 is 4.74 Å². The molecule has 1 heterocycles. The van der Waals surface area contributed by atoms with Crippen LogP contribution in [0.3, 0.4) is 0 Å². The lowest BCUT2D eigenvalue weighted by Crippen LogP contribution is -2.41. The third kappa shape index (κ3) is 4.02. The zero-order chi connectivity index (χ0) is 12.6. The number of piperidine rings is 1. The van der Waals surface area contributed by atoms with Crippen LogP contribution < -0.4 is 10.2 Å². The minimum absolute atomic E-state index is 0.103. The van der Waals surface area contributed by atoms with Crippen LogP contribution in [0.15, 0.2) is 24.3 Å². The first-order chi connectivity index (χ1) is 8.88. The monoisotopic (exact) mass is 245 g/mol. The Balaban J connectivity index is 1.77. The van der Waals surface area contributed by atoms with E-state index in [9.17, 15) is 0 Å². The van der Waals surface area contributed by atoms with Gasteiger partial charge in [0, 0.05) is 19.6 Å². The van der Waals surface area contributed by atoms with Crippen LogP contribution in [0.4, 0.5) is 0 Å². The quantitative estimate of drug-likeness (QED) is 0.863. The fourth-order valence-electron chi connectivity index (χ4n) is 2.07. The highest BCUT2D eigenvalue weighted by Crippen LogP contribution is 2.12. The molecule has 4 nitrogen and oxygen atoms in total. The highest BCUT2D eigenvalue weighted by atomic mass is 16.5. The first-order valence-electron chi connectivity index (χ1n) is 6.45. The van der Waals surface area contributed by atoms with Crippen molar-refractivity contribution >= 4 is 0 Å². The smallest absolute Gasteiger partial charge is 0.174 e. The summed E-state index contributed by atoms with van der Waals surface area (Å²) >= 11 is 0. The van der Waals surface area contributed by atoms with Crippen molar-refractivity contribution in [3.63, 3.8) is 0 Å². The molecule has 1 fully saturated rings. The van der Waals surface area contributed by atoms with Gasteiger partial charge in [-0.25, -0.2) is 5.01 Å². The van der Waals surface area contributed by atoms with Crippen LogP contribution in [0.1, 0.15) is 24.8 Å². The zero-order valence-electron chi connectivity index (χ0n) is 10.6. The van der Waals surface area contributed by atoms with Crippen molar-refractivity contribution in [1.29, 1.82) is 5.26 Å². The van der Waals surface area contributed by atoms with Crippen molar-refractivity contribution in [2.45, 2.75) is 25.8 Å². The molecule has 1 aliphatic heterocycles. The number of hydrogen-bond acceptors (Lipinski definition) is 4. The minimum atomic E-state index is 0.103. The predicted octanol–water partition coefficient (Wildman–Crippen LogP) is 2.08.